The molecule has 1 aromatic heterocycles. The van der Waals surface area contributed by atoms with Crippen molar-refractivity contribution in [1.82, 2.24) is 15.1 Å². The van der Waals surface area contributed by atoms with Gasteiger partial charge >= 0.3 is 0 Å². The van der Waals surface area contributed by atoms with Gasteiger partial charge in [-0.2, -0.15) is 5.10 Å². The first-order valence-corrected chi connectivity index (χ1v) is 10.4. The minimum atomic E-state index is -0.133. The van der Waals surface area contributed by atoms with Gasteiger partial charge < -0.3 is 19.7 Å². The van der Waals surface area contributed by atoms with E-state index >= 15 is 0 Å². The zero-order valence-corrected chi connectivity index (χ0v) is 17.8. The Labute approximate surface area is 180 Å². The number of fused-ring (bicyclic) bond motifs is 1. The molecule has 0 bridgehead atoms. The molecule has 2 heterocycles. The normalized spacial score (nSPS) is 14.5. The van der Waals surface area contributed by atoms with E-state index in [1.165, 1.54) is 9.58 Å². The van der Waals surface area contributed by atoms with Crippen molar-refractivity contribution in [2.45, 2.75) is 6.54 Å². The molecule has 1 saturated heterocycles. The minimum absolute atomic E-state index is 0.00459. The lowest BCUT2D eigenvalue weighted by Crippen LogP contribution is -3.15. The predicted octanol–water partition coefficient (Wildman–Crippen LogP) is 0.140. The third kappa shape index (κ3) is 4.60. The number of rotatable bonds is 6. The maximum Gasteiger partial charge on any atom is 0.275 e. The number of nitrogens with zero attached hydrogens (tertiary/aromatic N) is 2. The lowest BCUT2D eigenvalue weighted by molar-refractivity contribution is -0.900. The van der Waals surface area contributed by atoms with Crippen molar-refractivity contribution in [3.8, 4) is 17.0 Å². The lowest BCUT2D eigenvalue weighted by atomic mass is 10.0. The van der Waals surface area contributed by atoms with Gasteiger partial charge in [0.2, 0.25) is 0 Å². The van der Waals surface area contributed by atoms with Crippen LogP contribution in [0.25, 0.3) is 22.0 Å². The topological polar surface area (TPSA) is 86.9 Å². The third-order valence-electron chi connectivity index (χ3n) is 5.60. The first kappa shape index (κ1) is 21.0. The second-order valence-corrected chi connectivity index (χ2v) is 7.67. The Bertz CT molecular complexity index is 1150. The van der Waals surface area contributed by atoms with Crippen LogP contribution < -0.4 is 20.5 Å². The fourth-order valence-electron chi connectivity index (χ4n) is 3.90. The molecule has 162 valence electrons. The Balaban J connectivity index is 1.60. The fourth-order valence-corrected chi connectivity index (χ4v) is 3.90. The molecular weight excluding hydrogens is 396 g/mol. The second kappa shape index (κ2) is 9.28. The monoisotopic (exact) mass is 423 g/mol. The Kier molecular flexibility index (Phi) is 6.29. The number of carbonyl (C=O) groups is 1. The number of hydrogen-bond acceptors (Lipinski definition) is 5. The number of methoxy groups -OCH3 is 1. The number of amides is 1. The van der Waals surface area contributed by atoms with Gasteiger partial charge in [-0.1, -0.05) is 18.2 Å². The summed E-state index contributed by atoms with van der Waals surface area (Å²) < 4.78 is 12.2. The highest BCUT2D eigenvalue weighted by Crippen LogP contribution is 2.29. The number of hydrogen-bond donors (Lipinski definition) is 2. The molecule has 2 N–H and O–H groups in total. The number of benzene rings is 2. The molecule has 1 amide bonds. The number of morpholine rings is 1. The van der Waals surface area contributed by atoms with E-state index in [0.717, 1.165) is 29.6 Å². The van der Waals surface area contributed by atoms with E-state index in [1.54, 1.807) is 14.2 Å². The number of ether oxygens (including phenoxy) is 2. The number of quaternary nitrogens is 1. The van der Waals surface area contributed by atoms with Crippen LogP contribution in [-0.4, -0.2) is 55.6 Å². The van der Waals surface area contributed by atoms with Gasteiger partial charge in [0.1, 0.15) is 18.8 Å². The van der Waals surface area contributed by atoms with Crippen molar-refractivity contribution in [3.63, 3.8) is 0 Å². The summed E-state index contributed by atoms with van der Waals surface area (Å²) in [5.41, 5.74) is 2.29. The molecule has 0 aliphatic carbocycles. The van der Waals surface area contributed by atoms with E-state index in [2.05, 4.69) is 10.4 Å². The summed E-state index contributed by atoms with van der Waals surface area (Å²) in [6.07, 6.45) is 0. The van der Waals surface area contributed by atoms with Crippen LogP contribution in [0.1, 0.15) is 5.56 Å². The van der Waals surface area contributed by atoms with Crippen molar-refractivity contribution >= 4 is 16.7 Å². The maximum atomic E-state index is 12.4. The van der Waals surface area contributed by atoms with Crippen molar-refractivity contribution in [2.24, 2.45) is 7.05 Å². The largest absolute Gasteiger partial charge is 0.496 e. The van der Waals surface area contributed by atoms with Gasteiger partial charge in [0, 0.05) is 30.1 Å². The molecule has 3 aromatic rings. The zero-order chi connectivity index (χ0) is 21.8. The molecule has 0 saturated carbocycles. The van der Waals surface area contributed by atoms with Crippen LogP contribution in [0.4, 0.5) is 0 Å². The van der Waals surface area contributed by atoms with Crippen molar-refractivity contribution in [2.75, 3.05) is 40.0 Å². The molecule has 31 heavy (non-hydrogen) atoms. The summed E-state index contributed by atoms with van der Waals surface area (Å²) in [6.45, 7) is 3.86. The van der Waals surface area contributed by atoms with E-state index in [4.69, 9.17) is 9.47 Å². The number of nitrogens with one attached hydrogen (secondary N) is 2. The average molecular weight is 423 g/mol. The Morgan fingerprint density at radius 1 is 1.19 bits per heavy atom. The van der Waals surface area contributed by atoms with Crippen LogP contribution in [0.5, 0.6) is 5.75 Å². The molecular formula is C23H27N4O4+. The van der Waals surface area contributed by atoms with E-state index in [1.807, 2.05) is 42.5 Å². The van der Waals surface area contributed by atoms with Crippen molar-refractivity contribution < 1.29 is 19.2 Å². The third-order valence-corrected chi connectivity index (χ3v) is 5.60. The Morgan fingerprint density at radius 3 is 2.68 bits per heavy atom. The maximum absolute atomic E-state index is 12.4. The highest BCUT2D eigenvalue weighted by atomic mass is 16.5. The van der Waals surface area contributed by atoms with Gasteiger partial charge in [0.05, 0.1) is 31.4 Å². The highest BCUT2D eigenvalue weighted by Gasteiger charge is 2.18. The van der Waals surface area contributed by atoms with Crippen LogP contribution in [-0.2, 0) is 23.1 Å². The van der Waals surface area contributed by atoms with Gasteiger partial charge in [-0.25, -0.2) is 4.68 Å². The summed E-state index contributed by atoms with van der Waals surface area (Å²) in [7, 11) is 3.26. The van der Waals surface area contributed by atoms with Gasteiger partial charge in [0.25, 0.3) is 11.5 Å². The van der Waals surface area contributed by atoms with E-state index < -0.39 is 0 Å². The molecule has 1 aliphatic rings. The molecule has 0 atom stereocenters. The van der Waals surface area contributed by atoms with Crippen molar-refractivity contribution in [3.05, 3.63) is 58.4 Å². The minimum Gasteiger partial charge on any atom is -0.496 e. The molecule has 2 aromatic carbocycles. The van der Waals surface area contributed by atoms with Crippen molar-refractivity contribution in [1.29, 1.82) is 0 Å². The number of aromatic nitrogens is 2. The van der Waals surface area contributed by atoms with Crippen LogP contribution in [0.3, 0.4) is 0 Å². The van der Waals surface area contributed by atoms with Crippen LogP contribution in [0, 0.1) is 0 Å². The van der Waals surface area contributed by atoms with E-state index in [9.17, 15) is 9.59 Å². The SMILES string of the molecule is COc1ccc(-c2nn(C)c(=O)c3ccccc23)cc1CNC(=O)C[NH+]1CCOCC1. The van der Waals surface area contributed by atoms with Gasteiger partial charge in [-0.05, 0) is 24.3 Å². The Hall–Kier alpha value is -3.23. The molecule has 0 unspecified atom stereocenters. The predicted molar refractivity (Wildman–Crippen MR) is 117 cm³/mol. The number of aryl methyl sites for hydroxylation is 1. The van der Waals surface area contributed by atoms with Gasteiger partial charge in [-0.15, -0.1) is 0 Å². The molecule has 1 aliphatic heterocycles. The molecule has 0 spiro atoms. The smallest absolute Gasteiger partial charge is 0.275 e. The molecule has 8 nitrogen and oxygen atoms in total. The average Bonchev–Trinajstić information content (AvgIpc) is 2.80. The standard InChI is InChI=1S/C23H26N4O4/c1-26-23(29)19-6-4-3-5-18(19)22(25-26)16-7-8-20(30-2)17(13-16)14-24-21(28)15-27-9-11-31-12-10-27/h3-8,13H,9-12,14-15H2,1-2H3,(H,24,28)/p+1. The molecule has 4 rings (SSSR count). The van der Waals surface area contributed by atoms with Crippen LogP contribution in [0.2, 0.25) is 0 Å². The highest BCUT2D eigenvalue weighted by molar-refractivity contribution is 5.93. The first-order chi connectivity index (χ1) is 15.1. The number of carbonyl (C=O) groups excluding carboxylic acids is 1. The Morgan fingerprint density at radius 2 is 1.94 bits per heavy atom. The zero-order valence-electron chi connectivity index (χ0n) is 17.8. The summed E-state index contributed by atoms with van der Waals surface area (Å²) in [4.78, 5) is 26.1. The second-order valence-electron chi connectivity index (χ2n) is 7.67. The van der Waals surface area contributed by atoms with E-state index in [-0.39, 0.29) is 11.5 Å². The summed E-state index contributed by atoms with van der Waals surface area (Å²) in [5.74, 6) is 0.687. The lowest BCUT2D eigenvalue weighted by Gasteiger charge is -2.23. The molecule has 1 fully saturated rings. The van der Waals surface area contributed by atoms with Gasteiger partial charge in [-0.3, -0.25) is 9.59 Å². The summed E-state index contributed by atoms with van der Waals surface area (Å²) in [5, 5.41) is 8.92. The first-order valence-electron chi connectivity index (χ1n) is 10.4. The van der Waals surface area contributed by atoms with Crippen LogP contribution >= 0.6 is 0 Å². The quantitative estimate of drug-likeness (QED) is 0.589. The molecule has 8 heteroatoms. The molecule has 0 radical (unpaired) electrons. The summed E-state index contributed by atoms with van der Waals surface area (Å²) in [6, 6.07) is 13.2. The van der Waals surface area contributed by atoms with Gasteiger partial charge in [0.15, 0.2) is 6.54 Å². The fraction of sp³-hybridized carbons (Fsp3) is 0.348. The van der Waals surface area contributed by atoms with Crippen LogP contribution in [0.15, 0.2) is 47.3 Å². The van der Waals surface area contributed by atoms with E-state index in [0.29, 0.717) is 43.1 Å². The summed E-state index contributed by atoms with van der Waals surface area (Å²) >= 11 is 0.